The van der Waals surface area contributed by atoms with Gasteiger partial charge in [-0.3, -0.25) is 4.79 Å². The Labute approximate surface area is 165 Å². The molecule has 0 saturated heterocycles. The number of aryl methyl sites for hydroxylation is 1. The number of anilines is 1. The van der Waals surface area contributed by atoms with Gasteiger partial charge in [0, 0.05) is 17.9 Å². The molecule has 0 N–H and O–H groups in total. The van der Waals surface area contributed by atoms with Crippen molar-refractivity contribution in [3.05, 3.63) is 53.2 Å². The van der Waals surface area contributed by atoms with Crippen molar-refractivity contribution in [2.24, 2.45) is 0 Å². The van der Waals surface area contributed by atoms with E-state index in [1.807, 2.05) is 42.2 Å². The van der Waals surface area contributed by atoms with E-state index in [0.717, 1.165) is 30.8 Å². The number of aromatic nitrogens is 1. The zero-order valence-electron chi connectivity index (χ0n) is 16.1. The van der Waals surface area contributed by atoms with Crippen LogP contribution in [0.5, 0.6) is 0 Å². The monoisotopic (exact) mass is 379 g/mol. The second-order valence-electron chi connectivity index (χ2n) is 7.09. The van der Waals surface area contributed by atoms with Crippen molar-refractivity contribution >= 4 is 23.4 Å². The molecule has 0 bridgehead atoms. The predicted molar refractivity (Wildman–Crippen MR) is 110 cm³/mol. The molecular weight excluding hydrogens is 354 g/mol. The number of hydrogen-bond donors (Lipinski definition) is 0. The Hall–Kier alpha value is -2.32. The smallest absolute Gasteiger partial charge is 0.240 e. The van der Waals surface area contributed by atoms with E-state index in [-0.39, 0.29) is 17.1 Å². The number of carbonyl (C=O) groups excluding carboxylic acids is 1. The van der Waals surface area contributed by atoms with E-state index >= 15 is 0 Å². The molecule has 4 nitrogen and oxygen atoms in total. The fourth-order valence-corrected chi connectivity index (χ4v) is 4.39. The summed E-state index contributed by atoms with van der Waals surface area (Å²) < 4.78 is 0. The molecule has 0 radical (unpaired) electrons. The molecular formula is C22H25N3OS. The Morgan fingerprint density at radius 2 is 2.07 bits per heavy atom. The van der Waals surface area contributed by atoms with Gasteiger partial charge in [-0.15, -0.1) is 0 Å². The normalized spacial score (nSPS) is 14.6. The zero-order chi connectivity index (χ0) is 19.4. The third-order valence-electron chi connectivity index (χ3n) is 4.87. The molecule has 0 aliphatic carbocycles. The minimum atomic E-state index is -0.252. The van der Waals surface area contributed by atoms with E-state index in [1.54, 1.807) is 0 Å². The lowest BCUT2D eigenvalue weighted by Gasteiger charge is -2.32. The van der Waals surface area contributed by atoms with Gasteiger partial charge in [0.2, 0.25) is 5.91 Å². The molecule has 2 aromatic rings. The molecule has 1 aromatic heterocycles. The molecule has 1 aliphatic rings. The molecule has 1 aromatic carbocycles. The maximum absolute atomic E-state index is 13.3. The number of amides is 1. The van der Waals surface area contributed by atoms with Gasteiger partial charge in [-0.25, -0.2) is 4.98 Å². The number of benzene rings is 1. The van der Waals surface area contributed by atoms with Crippen LogP contribution in [0.4, 0.5) is 5.69 Å². The third-order valence-corrected chi connectivity index (χ3v) is 6.22. The standard InChI is InChI=1S/C22H25N3OS/c1-4-20(27-21-17(14-23)11-12-18(24-21)15(2)3)22(26)25-13-7-9-16-8-5-6-10-19(16)25/h5-6,8,10-12,15,20H,4,7,9,13H2,1-3H3. The minimum absolute atomic E-state index is 0.107. The number of thioether (sulfide) groups is 1. The van der Waals surface area contributed by atoms with Gasteiger partial charge in [0.1, 0.15) is 11.1 Å². The van der Waals surface area contributed by atoms with Crippen LogP contribution in [-0.2, 0) is 11.2 Å². The number of rotatable bonds is 5. The van der Waals surface area contributed by atoms with Crippen molar-refractivity contribution in [2.75, 3.05) is 11.4 Å². The van der Waals surface area contributed by atoms with E-state index in [1.165, 1.54) is 17.3 Å². The topological polar surface area (TPSA) is 57.0 Å². The Balaban J connectivity index is 1.88. The highest BCUT2D eigenvalue weighted by Gasteiger charge is 2.29. The van der Waals surface area contributed by atoms with Gasteiger partial charge in [0.15, 0.2) is 0 Å². The van der Waals surface area contributed by atoms with Crippen LogP contribution in [0.2, 0.25) is 0 Å². The molecule has 1 atom stereocenters. The Morgan fingerprint density at radius 3 is 2.78 bits per heavy atom. The summed E-state index contributed by atoms with van der Waals surface area (Å²) in [5.74, 6) is 0.386. The number of pyridine rings is 1. The molecule has 0 saturated carbocycles. The van der Waals surface area contributed by atoms with Gasteiger partial charge in [-0.1, -0.05) is 50.7 Å². The molecule has 140 valence electrons. The van der Waals surface area contributed by atoms with Gasteiger partial charge in [0.25, 0.3) is 0 Å². The number of nitrogens with zero attached hydrogens (tertiary/aromatic N) is 3. The lowest BCUT2D eigenvalue weighted by molar-refractivity contribution is -0.118. The van der Waals surface area contributed by atoms with E-state index < -0.39 is 0 Å². The Morgan fingerprint density at radius 1 is 1.30 bits per heavy atom. The fraction of sp³-hybridized carbons (Fsp3) is 0.409. The van der Waals surface area contributed by atoms with Crippen LogP contribution in [0.1, 0.15) is 56.4 Å². The number of carbonyl (C=O) groups is 1. The molecule has 0 fully saturated rings. The van der Waals surface area contributed by atoms with Crippen LogP contribution in [0.3, 0.4) is 0 Å². The number of nitriles is 1. The molecule has 1 aliphatic heterocycles. The van der Waals surface area contributed by atoms with Crippen LogP contribution in [0, 0.1) is 11.3 Å². The van der Waals surface area contributed by atoms with Gasteiger partial charge < -0.3 is 4.90 Å². The SMILES string of the molecule is CCC(Sc1nc(C(C)C)ccc1C#N)C(=O)N1CCCc2ccccc21. The molecule has 1 unspecified atom stereocenters. The van der Waals surface area contributed by atoms with Crippen molar-refractivity contribution < 1.29 is 4.79 Å². The highest BCUT2D eigenvalue weighted by atomic mass is 32.2. The van der Waals surface area contributed by atoms with Crippen LogP contribution >= 0.6 is 11.8 Å². The maximum Gasteiger partial charge on any atom is 0.240 e. The van der Waals surface area contributed by atoms with E-state index in [2.05, 4.69) is 31.0 Å². The van der Waals surface area contributed by atoms with Gasteiger partial charge in [-0.2, -0.15) is 5.26 Å². The predicted octanol–water partition coefficient (Wildman–Crippen LogP) is 4.93. The van der Waals surface area contributed by atoms with Crippen molar-refractivity contribution in [3.8, 4) is 6.07 Å². The van der Waals surface area contributed by atoms with Crippen molar-refractivity contribution in [1.82, 2.24) is 4.98 Å². The average molecular weight is 380 g/mol. The van der Waals surface area contributed by atoms with Crippen LogP contribution in [0.15, 0.2) is 41.4 Å². The van der Waals surface area contributed by atoms with E-state index in [0.29, 0.717) is 17.0 Å². The summed E-state index contributed by atoms with van der Waals surface area (Å²) >= 11 is 1.42. The molecule has 2 heterocycles. The lowest BCUT2D eigenvalue weighted by atomic mass is 10.0. The summed E-state index contributed by atoms with van der Waals surface area (Å²) in [6.07, 6.45) is 2.69. The first-order chi connectivity index (χ1) is 13.0. The van der Waals surface area contributed by atoms with E-state index in [9.17, 15) is 10.1 Å². The molecule has 0 spiro atoms. The summed E-state index contributed by atoms with van der Waals surface area (Å²) in [5.41, 5.74) is 3.74. The number of hydrogen-bond acceptors (Lipinski definition) is 4. The Bertz CT molecular complexity index is 872. The first-order valence-corrected chi connectivity index (χ1v) is 10.4. The zero-order valence-corrected chi connectivity index (χ0v) is 16.9. The van der Waals surface area contributed by atoms with Gasteiger partial charge in [0.05, 0.1) is 10.8 Å². The summed E-state index contributed by atoms with van der Waals surface area (Å²) in [7, 11) is 0. The largest absolute Gasteiger partial charge is 0.311 e. The maximum atomic E-state index is 13.3. The first kappa shape index (κ1) is 19.4. The van der Waals surface area contributed by atoms with Crippen molar-refractivity contribution in [2.45, 2.75) is 56.2 Å². The highest BCUT2D eigenvalue weighted by molar-refractivity contribution is 8.00. The summed E-state index contributed by atoms with van der Waals surface area (Å²) in [5, 5.41) is 9.86. The summed E-state index contributed by atoms with van der Waals surface area (Å²) in [6.45, 7) is 6.92. The average Bonchev–Trinajstić information content (AvgIpc) is 2.70. The van der Waals surface area contributed by atoms with E-state index in [4.69, 9.17) is 0 Å². The second-order valence-corrected chi connectivity index (χ2v) is 8.28. The summed E-state index contributed by atoms with van der Waals surface area (Å²) in [4.78, 5) is 19.9. The van der Waals surface area contributed by atoms with Crippen LogP contribution in [0.25, 0.3) is 0 Å². The quantitative estimate of drug-likeness (QED) is 0.692. The lowest BCUT2D eigenvalue weighted by Crippen LogP contribution is -2.40. The van der Waals surface area contributed by atoms with Crippen LogP contribution < -0.4 is 4.90 Å². The molecule has 3 rings (SSSR count). The molecule has 27 heavy (non-hydrogen) atoms. The highest BCUT2D eigenvalue weighted by Crippen LogP contribution is 2.33. The first-order valence-electron chi connectivity index (χ1n) is 9.52. The second kappa shape index (κ2) is 8.58. The Kier molecular flexibility index (Phi) is 6.18. The summed E-state index contributed by atoms with van der Waals surface area (Å²) in [6, 6.07) is 14.1. The van der Waals surface area contributed by atoms with Crippen molar-refractivity contribution in [1.29, 1.82) is 5.26 Å². The molecule has 5 heteroatoms. The third kappa shape index (κ3) is 4.17. The van der Waals surface area contributed by atoms with Gasteiger partial charge in [-0.05, 0) is 48.9 Å². The van der Waals surface area contributed by atoms with Crippen molar-refractivity contribution in [3.63, 3.8) is 0 Å². The molecule has 1 amide bonds. The van der Waals surface area contributed by atoms with Crippen LogP contribution in [-0.4, -0.2) is 22.7 Å². The minimum Gasteiger partial charge on any atom is -0.311 e. The number of para-hydroxylation sites is 1. The number of fused-ring (bicyclic) bond motifs is 1. The van der Waals surface area contributed by atoms with Gasteiger partial charge >= 0.3 is 0 Å². The fourth-order valence-electron chi connectivity index (χ4n) is 3.33.